The summed E-state index contributed by atoms with van der Waals surface area (Å²) in [5.41, 5.74) is 10.3. The SMILES string of the molecule is CC(CC1C=CC2=C1C(F)=CCC2(C)C)N=[N+]=[N-]. The lowest BCUT2D eigenvalue weighted by atomic mass is 9.75. The van der Waals surface area contributed by atoms with Crippen molar-refractivity contribution in [3.05, 3.63) is 45.6 Å². The summed E-state index contributed by atoms with van der Waals surface area (Å²) in [4.78, 5) is 2.81. The van der Waals surface area contributed by atoms with Gasteiger partial charge in [0, 0.05) is 16.9 Å². The number of hydrogen-bond donors (Lipinski definition) is 0. The van der Waals surface area contributed by atoms with Crippen molar-refractivity contribution in [3.63, 3.8) is 0 Å². The monoisotopic (exact) mass is 247 g/mol. The second kappa shape index (κ2) is 4.62. The van der Waals surface area contributed by atoms with Crippen LogP contribution in [0.4, 0.5) is 4.39 Å². The third-order valence-electron chi connectivity index (χ3n) is 3.78. The minimum atomic E-state index is -0.116. The first-order valence-electron chi connectivity index (χ1n) is 6.29. The molecule has 0 spiro atoms. The molecule has 18 heavy (non-hydrogen) atoms. The first-order chi connectivity index (χ1) is 8.45. The summed E-state index contributed by atoms with van der Waals surface area (Å²) in [6, 6.07) is -0.116. The smallest absolute Gasteiger partial charge is 0.123 e. The number of rotatable bonds is 3. The molecule has 2 unspecified atom stereocenters. The molecule has 0 amide bonds. The summed E-state index contributed by atoms with van der Waals surface area (Å²) < 4.78 is 14.0. The van der Waals surface area contributed by atoms with Crippen LogP contribution in [-0.2, 0) is 0 Å². The van der Waals surface area contributed by atoms with E-state index in [1.54, 1.807) is 6.08 Å². The van der Waals surface area contributed by atoms with Gasteiger partial charge in [0.25, 0.3) is 0 Å². The van der Waals surface area contributed by atoms with Crippen LogP contribution < -0.4 is 0 Å². The van der Waals surface area contributed by atoms with Crippen molar-refractivity contribution in [1.29, 1.82) is 0 Å². The summed E-state index contributed by atoms with van der Waals surface area (Å²) in [7, 11) is 0. The van der Waals surface area contributed by atoms with Gasteiger partial charge in [-0.1, -0.05) is 38.0 Å². The van der Waals surface area contributed by atoms with Crippen molar-refractivity contribution < 1.29 is 4.39 Å². The minimum absolute atomic E-state index is 0.00208. The fourth-order valence-electron chi connectivity index (χ4n) is 2.76. The lowest BCUT2D eigenvalue weighted by Gasteiger charge is -2.30. The zero-order valence-corrected chi connectivity index (χ0v) is 11.0. The third-order valence-corrected chi connectivity index (χ3v) is 3.78. The van der Waals surface area contributed by atoms with E-state index in [0.29, 0.717) is 6.42 Å². The van der Waals surface area contributed by atoms with Gasteiger partial charge >= 0.3 is 0 Å². The van der Waals surface area contributed by atoms with E-state index in [1.807, 2.05) is 19.1 Å². The van der Waals surface area contributed by atoms with Crippen LogP contribution in [0.3, 0.4) is 0 Å². The molecule has 4 heteroatoms. The van der Waals surface area contributed by atoms with Gasteiger partial charge in [0.05, 0.1) is 0 Å². The molecule has 0 aromatic heterocycles. The Morgan fingerprint density at radius 2 is 2.33 bits per heavy atom. The highest BCUT2D eigenvalue weighted by atomic mass is 19.1. The van der Waals surface area contributed by atoms with Crippen LogP contribution in [-0.4, -0.2) is 6.04 Å². The Hall–Kier alpha value is -1.54. The Kier molecular flexibility index (Phi) is 3.31. The standard InChI is InChI=1S/C14H18FN3/c1-9(17-18-16)8-10-4-5-11-13(10)12(15)6-7-14(11,2)3/h4-6,9-10H,7-8H2,1-3H3. The van der Waals surface area contributed by atoms with E-state index in [4.69, 9.17) is 5.53 Å². The van der Waals surface area contributed by atoms with E-state index >= 15 is 0 Å². The first kappa shape index (κ1) is 12.9. The molecule has 2 aliphatic rings. The molecule has 0 fully saturated rings. The van der Waals surface area contributed by atoms with Gasteiger partial charge < -0.3 is 0 Å². The van der Waals surface area contributed by atoms with Crippen LogP contribution in [0.15, 0.2) is 40.3 Å². The summed E-state index contributed by atoms with van der Waals surface area (Å²) in [5.74, 6) is -0.0659. The number of hydrogen-bond acceptors (Lipinski definition) is 1. The maximum absolute atomic E-state index is 14.0. The van der Waals surface area contributed by atoms with Gasteiger partial charge in [-0.2, -0.15) is 0 Å². The van der Waals surface area contributed by atoms with E-state index in [1.165, 1.54) is 0 Å². The Morgan fingerprint density at radius 1 is 1.61 bits per heavy atom. The highest BCUT2D eigenvalue weighted by Gasteiger charge is 2.35. The molecule has 2 aliphatic carbocycles. The number of azide groups is 1. The number of nitrogens with zero attached hydrogens (tertiary/aromatic N) is 3. The van der Waals surface area contributed by atoms with Crippen molar-refractivity contribution >= 4 is 0 Å². The van der Waals surface area contributed by atoms with Gasteiger partial charge in [0.2, 0.25) is 0 Å². The Bertz CT molecular complexity index is 493. The molecule has 0 aromatic rings. The van der Waals surface area contributed by atoms with Crippen LogP contribution in [0.2, 0.25) is 0 Å². The normalized spacial score (nSPS) is 26.4. The van der Waals surface area contributed by atoms with Crippen molar-refractivity contribution in [2.75, 3.05) is 0 Å². The molecular formula is C14H18FN3. The molecule has 0 aliphatic heterocycles. The van der Waals surface area contributed by atoms with Crippen LogP contribution in [0.1, 0.15) is 33.6 Å². The molecule has 0 aromatic carbocycles. The van der Waals surface area contributed by atoms with Crippen molar-refractivity contribution in [3.8, 4) is 0 Å². The van der Waals surface area contributed by atoms with Gasteiger partial charge in [0.1, 0.15) is 5.83 Å². The van der Waals surface area contributed by atoms with Crippen LogP contribution in [0.5, 0.6) is 0 Å². The predicted octanol–water partition coefficient (Wildman–Crippen LogP) is 4.84. The summed E-state index contributed by atoms with van der Waals surface area (Å²) in [5, 5.41) is 3.67. The third kappa shape index (κ3) is 2.21. The van der Waals surface area contributed by atoms with Crippen molar-refractivity contribution in [1.82, 2.24) is 0 Å². The van der Waals surface area contributed by atoms with E-state index in [0.717, 1.165) is 17.6 Å². The molecular weight excluding hydrogens is 229 g/mol. The van der Waals surface area contributed by atoms with Crippen LogP contribution >= 0.6 is 0 Å². The van der Waals surface area contributed by atoms with Gasteiger partial charge in [0.15, 0.2) is 0 Å². The second-order valence-corrected chi connectivity index (χ2v) is 5.72. The Labute approximate surface area is 107 Å². The Morgan fingerprint density at radius 3 is 3.00 bits per heavy atom. The predicted molar refractivity (Wildman–Crippen MR) is 70.5 cm³/mol. The lowest BCUT2D eigenvalue weighted by molar-refractivity contribution is 0.430. The molecule has 0 bridgehead atoms. The minimum Gasteiger partial charge on any atom is -0.207 e. The summed E-state index contributed by atoms with van der Waals surface area (Å²) in [6.45, 7) is 6.13. The average Bonchev–Trinajstić information content (AvgIpc) is 2.70. The molecule has 0 heterocycles. The maximum Gasteiger partial charge on any atom is 0.123 e. The largest absolute Gasteiger partial charge is 0.207 e. The van der Waals surface area contributed by atoms with Crippen LogP contribution in [0, 0.1) is 11.3 Å². The summed E-state index contributed by atoms with van der Waals surface area (Å²) >= 11 is 0. The van der Waals surface area contributed by atoms with Gasteiger partial charge in [-0.25, -0.2) is 4.39 Å². The molecule has 0 saturated carbocycles. The average molecular weight is 247 g/mol. The fraction of sp³-hybridized carbons (Fsp3) is 0.571. The van der Waals surface area contributed by atoms with E-state index < -0.39 is 0 Å². The molecule has 2 atom stereocenters. The van der Waals surface area contributed by atoms with Crippen molar-refractivity contribution in [2.24, 2.45) is 16.4 Å². The number of allylic oxidation sites excluding steroid dienone is 6. The molecule has 2 rings (SSSR count). The van der Waals surface area contributed by atoms with E-state index in [2.05, 4.69) is 23.9 Å². The van der Waals surface area contributed by atoms with Gasteiger partial charge in [-0.05, 0) is 41.0 Å². The van der Waals surface area contributed by atoms with Crippen molar-refractivity contribution in [2.45, 2.75) is 39.7 Å². The Balaban J connectivity index is 2.27. The molecule has 96 valence electrons. The number of halogens is 1. The van der Waals surface area contributed by atoms with Gasteiger partial charge in [-0.3, -0.25) is 0 Å². The van der Waals surface area contributed by atoms with E-state index in [9.17, 15) is 4.39 Å². The first-order valence-corrected chi connectivity index (χ1v) is 6.29. The highest BCUT2D eigenvalue weighted by molar-refractivity contribution is 5.51. The molecule has 0 radical (unpaired) electrons. The van der Waals surface area contributed by atoms with Gasteiger partial charge in [-0.15, -0.1) is 0 Å². The van der Waals surface area contributed by atoms with E-state index in [-0.39, 0.29) is 23.2 Å². The van der Waals surface area contributed by atoms with Crippen LogP contribution in [0.25, 0.3) is 10.4 Å². The summed E-state index contributed by atoms with van der Waals surface area (Å²) in [6.07, 6.45) is 7.15. The molecule has 3 nitrogen and oxygen atoms in total. The fourth-order valence-corrected chi connectivity index (χ4v) is 2.76. The lowest BCUT2D eigenvalue weighted by Crippen LogP contribution is -2.19. The quantitative estimate of drug-likeness (QED) is 0.389. The highest BCUT2D eigenvalue weighted by Crippen LogP contribution is 2.47. The molecule has 0 N–H and O–H groups in total. The molecule has 0 saturated heterocycles. The zero-order valence-electron chi connectivity index (χ0n) is 11.0. The second-order valence-electron chi connectivity index (χ2n) is 5.72. The maximum atomic E-state index is 14.0. The topological polar surface area (TPSA) is 48.8 Å². The zero-order chi connectivity index (χ0) is 13.3.